The summed E-state index contributed by atoms with van der Waals surface area (Å²) in [5, 5.41) is 6.73. The van der Waals surface area contributed by atoms with Crippen LogP contribution in [0.5, 0.6) is 0 Å². The molecule has 5 heteroatoms. The van der Waals surface area contributed by atoms with E-state index in [1.165, 1.54) is 6.54 Å². The van der Waals surface area contributed by atoms with Crippen molar-refractivity contribution >= 4 is 5.96 Å². The van der Waals surface area contributed by atoms with Crippen LogP contribution in [-0.2, 0) is 0 Å². The Kier molecular flexibility index (Phi) is 3.66. The smallest absolute Gasteiger partial charge is 0.191 e. The van der Waals surface area contributed by atoms with Gasteiger partial charge in [0.25, 0.3) is 0 Å². The topological polar surface area (TPSA) is 42.9 Å². The van der Waals surface area contributed by atoms with Crippen molar-refractivity contribution in [3.05, 3.63) is 0 Å². The van der Waals surface area contributed by atoms with Crippen LogP contribution in [0.1, 0.15) is 6.92 Å². The number of aliphatic imine (C=N–C) groups is 1. The fourth-order valence-electron chi connectivity index (χ4n) is 2.20. The largest absolute Gasteiger partial charge is 0.355 e. The highest BCUT2D eigenvalue weighted by Gasteiger charge is 2.22. The summed E-state index contributed by atoms with van der Waals surface area (Å²) in [6.07, 6.45) is 0. The second kappa shape index (κ2) is 5.01. The Morgan fingerprint density at radius 2 is 2.25 bits per heavy atom. The first-order valence-corrected chi connectivity index (χ1v) is 6.09. The molecule has 0 aromatic rings. The zero-order valence-corrected chi connectivity index (χ0v) is 10.5. The number of guanidine groups is 1. The summed E-state index contributed by atoms with van der Waals surface area (Å²) < 4.78 is 0. The van der Waals surface area contributed by atoms with Gasteiger partial charge in [0, 0.05) is 38.3 Å². The second-order valence-corrected chi connectivity index (χ2v) is 5.01. The molecule has 0 aliphatic carbocycles. The van der Waals surface area contributed by atoms with Crippen LogP contribution < -0.4 is 10.6 Å². The summed E-state index contributed by atoms with van der Waals surface area (Å²) in [5.74, 6) is 0.967. The van der Waals surface area contributed by atoms with Crippen molar-refractivity contribution in [2.24, 2.45) is 4.99 Å². The normalized spacial score (nSPS) is 32.3. The van der Waals surface area contributed by atoms with Crippen LogP contribution in [0, 0.1) is 0 Å². The van der Waals surface area contributed by atoms with E-state index in [2.05, 4.69) is 46.4 Å². The molecule has 92 valence electrons. The number of nitrogens with zero attached hydrogens (tertiary/aromatic N) is 3. The van der Waals surface area contributed by atoms with Crippen molar-refractivity contribution < 1.29 is 0 Å². The Bertz CT molecular complexity index is 265. The molecule has 0 aromatic carbocycles. The highest BCUT2D eigenvalue weighted by atomic mass is 15.3. The fourth-order valence-corrected chi connectivity index (χ4v) is 2.20. The van der Waals surface area contributed by atoms with Gasteiger partial charge < -0.3 is 15.5 Å². The number of likely N-dealkylation sites (N-methyl/N-ethyl adjacent to an activating group) is 2. The van der Waals surface area contributed by atoms with Gasteiger partial charge in [0.15, 0.2) is 5.96 Å². The van der Waals surface area contributed by atoms with E-state index in [1.807, 2.05) is 0 Å². The molecule has 2 N–H and O–H groups in total. The highest BCUT2D eigenvalue weighted by molar-refractivity contribution is 5.81. The van der Waals surface area contributed by atoms with Gasteiger partial charge in [-0.25, -0.2) is 0 Å². The van der Waals surface area contributed by atoms with Crippen molar-refractivity contribution in [3.8, 4) is 0 Å². The van der Waals surface area contributed by atoms with Gasteiger partial charge in [0.2, 0.25) is 0 Å². The zero-order valence-electron chi connectivity index (χ0n) is 10.5. The third-order valence-electron chi connectivity index (χ3n) is 3.39. The minimum absolute atomic E-state index is 0.481. The van der Waals surface area contributed by atoms with Crippen molar-refractivity contribution in [1.82, 2.24) is 20.4 Å². The number of hydrogen-bond donors (Lipinski definition) is 2. The van der Waals surface area contributed by atoms with E-state index in [1.54, 1.807) is 0 Å². The fraction of sp³-hybridized carbons (Fsp3) is 0.909. The number of hydrogen-bond acceptors (Lipinski definition) is 5. The molecule has 0 amide bonds. The van der Waals surface area contributed by atoms with Crippen LogP contribution in [-0.4, -0.2) is 74.7 Å². The van der Waals surface area contributed by atoms with E-state index in [4.69, 9.17) is 0 Å². The molecule has 0 spiro atoms. The standard InChI is InChI=1S/C11H23N5/c1-9-6-12-11(14-9)13-7-10-8-15(2)4-5-16(10)3/h9-10H,4-8H2,1-3H3,(H2,12,13,14). The summed E-state index contributed by atoms with van der Waals surface area (Å²) >= 11 is 0. The van der Waals surface area contributed by atoms with Crippen LogP contribution in [0.2, 0.25) is 0 Å². The van der Waals surface area contributed by atoms with E-state index in [0.717, 1.165) is 32.1 Å². The molecule has 2 aliphatic heterocycles. The van der Waals surface area contributed by atoms with Crippen LogP contribution in [0.3, 0.4) is 0 Å². The molecule has 2 atom stereocenters. The molecule has 0 radical (unpaired) electrons. The molecule has 2 rings (SSSR count). The Balaban J connectivity index is 1.76. The molecule has 2 aliphatic rings. The van der Waals surface area contributed by atoms with Gasteiger partial charge in [0.05, 0.1) is 6.54 Å². The molecule has 1 saturated heterocycles. The summed E-state index contributed by atoms with van der Waals surface area (Å²) in [6.45, 7) is 7.47. The maximum Gasteiger partial charge on any atom is 0.191 e. The monoisotopic (exact) mass is 225 g/mol. The molecule has 5 nitrogen and oxygen atoms in total. The zero-order chi connectivity index (χ0) is 11.5. The van der Waals surface area contributed by atoms with Gasteiger partial charge in [0.1, 0.15) is 0 Å². The Morgan fingerprint density at radius 1 is 1.44 bits per heavy atom. The molecule has 2 unspecified atom stereocenters. The van der Waals surface area contributed by atoms with Gasteiger partial charge in [-0.2, -0.15) is 0 Å². The van der Waals surface area contributed by atoms with E-state index in [9.17, 15) is 0 Å². The summed E-state index contributed by atoms with van der Waals surface area (Å²) in [5.41, 5.74) is 0. The predicted octanol–water partition coefficient (Wildman–Crippen LogP) is -0.830. The minimum atomic E-state index is 0.481. The van der Waals surface area contributed by atoms with E-state index in [0.29, 0.717) is 12.1 Å². The average Bonchev–Trinajstić information content (AvgIpc) is 2.66. The maximum absolute atomic E-state index is 4.41. The summed E-state index contributed by atoms with van der Waals surface area (Å²) in [7, 11) is 4.39. The van der Waals surface area contributed by atoms with Gasteiger partial charge in [-0.3, -0.25) is 9.89 Å². The van der Waals surface area contributed by atoms with Gasteiger partial charge >= 0.3 is 0 Å². The Morgan fingerprint density at radius 3 is 2.94 bits per heavy atom. The van der Waals surface area contributed by atoms with Crippen LogP contribution in [0.15, 0.2) is 4.99 Å². The minimum Gasteiger partial charge on any atom is -0.355 e. The Labute approximate surface area is 97.9 Å². The van der Waals surface area contributed by atoms with Gasteiger partial charge in [-0.15, -0.1) is 0 Å². The van der Waals surface area contributed by atoms with Gasteiger partial charge in [-0.05, 0) is 21.0 Å². The summed E-state index contributed by atoms with van der Waals surface area (Å²) in [4.78, 5) is 9.22. The maximum atomic E-state index is 4.41. The number of rotatable bonds is 2. The first-order chi connectivity index (χ1) is 7.65. The van der Waals surface area contributed by atoms with Crippen molar-refractivity contribution in [2.75, 3.05) is 46.8 Å². The van der Waals surface area contributed by atoms with E-state index < -0.39 is 0 Å². The molecule has 16 heavy (non-hydrogen) atoms. The first-order valence-electron chi connectivity index (χ1n) is 6.09. The third-order valence-corrected chi connectivity index (χ3v) is 3.39. The lowest BCUT2D eigenvalue weighted by Crippen LogP contribution is -2.55. The summed E-state index contributed by atoms with van der Waals surface area (Å²) in [6, 6.07) is 1.06. The molecule has 0 saturated carbocycles. The lowest BCUT2D eigenvalue weighted by Gasteiger charge is -2.37. The van der Waals surface area contributed by atoms with Crippen molar-refractivity contribution in [1.29, 1.82) is 0 Å². The van der Waals surface area contributed by atoms with Crippen molar-refractivity contribution in [3.63, 3.8) is 0 Å². The van der Waals surface area contributed by atoms with Crippen LogP contribution in [0.25, 0.3) is 0 Å². The first kappa shape index (κ1) is 11.7. The molecule has 0 bridgehead atoms. The average molecular weight is 225 g/mol. The molecule has 2 heterocycles. The van der Waals surface area contributed by atoms with Gasteiger partial charge in [-0.1, -0.05) is 0 Å². The number of nitrogens with one attached hydrogen (secondary N) is 2. The third kappa shape index (κ3) is 2.86. The number of piperazine rings is 1. The predicted molar refractivity (Wildman–Crippen MR) is 66.8 cm³/mol. The van der Waals surface area contributed by atoms with E-state index >= 15 is 0 Å². The lowest BCUT2D eigenvalue weighted by molar-refractivity contribution is 0.116. The van der Waals surface area contributed by atoms with E-state index in [-0.39, 0.29) is 0 Å². The quantitative estimate of drug-likeness (QED) is 0.644. The molecular weight excluding hydrogens is 202 g/mol. The highest BCUT2D eigenvalue weighted by Crippen LogP contribution is 2.04. The van der Waals surface area contributed by atoms with Crippen LogP contribution >= 0.6 is 0 Å². The molecule has 1 fully saturated rings. The Hall–Kier alpha value is -0.810. The molecular formula is C11H23N5. The lowest BCUT2D eigenvalue weighted by atomic mass is 10.2. The van der Waals surface area contributed by atoms with Crippen molar-refractivity contribution in [2.45, 2.75) is 19.0 Å². The van der Waals surface area contributed by atoms with Crippen LogP contribution in [0.4, 0.5) is 0 Å². The SMILES string of the molecule is CC1CN=C(NCC2CN(C)CCN2C)N1. The molecule has 0 aromatic heterocycles. The second-order valence-electron chi connectivity index (χ2n) is 5.01.